The lowest BCUT2D eigenvalue weighted by Crippen LogP contribution is -2.21. The molecule has 3 N–H and O–H groups in total. The topological polar surface area (TPSA) is 106 Å². The first kappa shape index (κ1) is 23.0. The Morgan fingerprint density at radius 1 is 1.34 bits per heavy atom. The van der Waals surface area contributed by atoms with E-state index in [0.29, 0.717) is 42.2 Å². The number of carbonyl (C=O) groups is 2. The number of rotatable bonds is 10. The molecule has 2 aromatic rings. The number of aliphatic imine (C=N–C) groups is 1. The number of carbonyl (C=O) groups excluding carboxylic acids is 2. The van der Waals surface area contributed by atoms with Crippen LogP contribution in [0.3, 0.4) is 0 Å². The van der Waals surface area contributed by atoms with Gasteiger partial charge in [-0.05, 0) is 67.1 Å². The number of fused-ring (bicyclic) bond motifs is 1. The minimum absolute atomic E-state index is 0.244. The minimum Gasteiger partial charge on any atom is -0.495 e. The van der Waals surface area contributed by atoms with E-state index in [-0.39, 0.29) is 5.97 Å². The Labute approximate surface area is 187 Å². The van der Waals surface area contributed by atoms with Gasteiger partial charge in [0.2, 0.25) is 6.41 Å². The predicted molar refractivity (Wildman–Crippen MR) is 125 cm³/mol. The van der Waals surface area contributed by atoms with Crippen LogP contribution in [0.4, 0.5) is 11.4 Å². The number of ether oxygens (including phenoxy) is 2. The molecule has 0 unspecified atom stereocenters. The summed E-state index contributed by atoms with van der Waals surface area (Å²) in [6.07, 6.45) is 4.75. The predicted octanol–water partition coefficient (Wildman–Crippen LogP) is 2.64. The molecule has 0 aliphatic carbocycles. The van der Waals surface area contributed by atoms with Crippen molar-refractivity contribution in [1.82, 2.24) is 5.32 Å². The van der Waals surface area contributed by atoms with Crippen molar-refractivity contribution in [2.24, 2.45) is 10.7 Å². The Balaban J connectivity index is 1.56. The second-order valence-corrected chi connectivity index (χ2v) is 7.45. The van der Waals surface area contributed by atoms with Gasteiger partial charge in [-0.3, -0.25) is 9.79 Å². The molecule has 0 spiro atoms. The van der Waals surface area contributed by atoms with Crippen LogP contribution in [0.25, 0.3) is 0 Å². The first-order valence-electron chi connectivity index (χ1n) is 10.3. The molecule has 8 nitrogen and oxygen atoms in total. The number of amides is 1. The van der Waals surface area contributed by atoms with E-state index in [4.69, 9.17) is 15.2 Å². The van der Waals surface area contributed by atoms with E-state index in [0.717, 1.165) is 29.7 Å². The fourth-order valence-electron chi connectivity index (χ4n) is 3.52. The number of hydrogen-bond acceptors (Lipinski definition) is 7. The minimum atomic E-state index is -0.244. The van der Waals surface area contributed by atoms with E-state index in [1.165, 1.54) is 16.7 Å². The SMILES string of the molecule is COc1ccc(N=CC(=CN)CNCCc2ccc3c(c2C)COC3=O)cc1N(C)C=O. The van der Waals surface area contributed by atoms with Crippen molar-refractivity contribution in [2.75, 3.05) is 32.1 Å². The highest BCUT2D eigenvalue weighted by Gasteiger charge is 2.23. The van der Waals surface area contributed by atoms with Gasteiger partial charge in [-0.25, -0.2) is 4.79 Å². The smallest absolute Gasteiger partial charge is 0.338 e. The standard InChI is InChI=1S/C24H28N4O4/c1-16-18(4-6-20-21(16)14-32-24(20)30)8-9-26-12-17(11-25)13-27-19-5-7-23(31-3)22(10-19)28(2)15-29/h4-7,10-11,13,15,26H,8-9,12,14,25H2,1-3H3. The van der Waals surface area contributed by atoms with Gasteiger partial charge >= 0.3 is 5.97 Å². The van der Waals surface area contributed by atoms with Crippen LogP contribution < -0.4 is 20.7 Å². The second-order valence-electron chi connectivity index (χ2n) is 7.45. The van der Waals surface area contributed by atoms with Gasteiger partial charge in [0.25, 0.3) is 0 Å². The lowest BCUT2D eigenvalue weighted by atomic mass is 9.97. The number of nitrogens with one attached hydrogen (secondary N) is 1. The van der Waals surface area contributed by atoms with Crippen molar-refractivity contribution in [3.05, 3.63) is 64.4 Å². The maximum atomic E-state index is 11.7. The molecule has 3 rings (SSSR count). The summed E-state index contributed by atoms with van der Waals surface area (Å²) in [5, 5.41) is 3.37. The van der Waals surface area contributed by atoms with Crippen molar-refractivity contribution < 1.29 is 19.1 Å². The molecule has 2 aromatic carbocycles. The number of nitrogens with zero attached hydrogens (tertiary/aromatic N) is 2. The Hall–Kier alpha value is -3.65. The number of methoxy groups -OCH3 is 1. The highest BCUT2D eigenvalue weighted by molar-refractivity contribution is 5.94. The third kappa shape index (κ3) is 5.15. The number of anilines is 1. The normalized spacial score (nSPS) is 13.2. The molecule has 168 valence electrons. The van der Waals surface area contributed by atoms with Gasteiger partial charge in [0.05, 0.1) is 24.0 Å². The van der Waals surface area contributed by atoms with Crippen LogP contribution in [0.1, 0.15) is 27.0 Å². The summed E-state index contributed by atoms with van der Waals surface area (Å²) < 4.78 is 10.4. The molecule has 0 atom stereocenters. The van der Waals surface area contributed by atoms with Crippen molar-refractivity contribution in [3.63, 3.8) is 0 Å². The van der Waals surface area contributed by atoms with Gasteiger partial charge in [0.15, 0.2) is 0 Å². The highest BCUT2D eigenvalue weighted by atomic mass is 16.5. The first-order valence-corrected chi connectivity index (χ1v) is 10.3. The molecule has 0 aromatic heterocycles. The first-order chi connectivity index (χ1) is 15.5. The van der Waals surface area contributed by atoms with Crippen LogP contribution in [0.5, 0.6) is 5.75 Å². The Kier molecular flexibility index (Phi) is 7.62. The summed E-state index contributed by atoms with van der Waals surface area (Å²) in [6.45, 7) is 3.69. The maximum absolute atomic E-state index is 11.7. The van der Waals surface area contributed by atoms with E-state index in [2.05, 4.69) is 10.3 Å². The van der Waals surface area contributed by atoms with Crippen LogP contribution >= 0.6 is 0 Å². The monoisotopic (exact) mass is 436 g/mol. The van der Waals surface area contributed by atoms with Crippen molar-refractivity contribution in [3.8, 4) is 5.75 Å². The molecule has 0 radical (unpaired) electrons. The molecule has 32 heavy (non-hydrogen) atoms. The van der Waals surface area contributed by atoms with Crippen LogP contribution in [0.15, 0.2) is 47.1 Å². The average Bonchev–Trinajstić information content (AvgIpc) is 3.20. The van der Waals surface area contributed by atoms with Gasteiger partial charge in [0.1, 0.15) is 12.4 Å². The summed E-state index contributed by atoms with van der Waals surface area (Å²) in [5.41, 5.74) is 11.9. The van der Waals surface area contributed by atoms with Crippen molar-refractivity contribution >= 4 is 30.0 Å². The quantitative estimate of drug-likeness (QED) is 0.257. The van der Waals surface area contributed by atoms with Gasteiger partial charge in [-0.15, -0.1) is 0 Å². The Bertz CT molecular complexity index is 1060. The van der Waals surface area contributed by atoms with Crippen LogP contribution in [-0.2, 0) is 22.6 Å². The van der Waals surface area contributed by atoms with Gasteiger partial charge < -0.3 is 25.4 Å². The van der Waals surface area contributed by atoms with Crippen molar-refractivity contribution in [2.45, 2.75) is 20.0 Å². The zero-order valence-corrected chi connectivity index (χ0v) is 18.6. The third-order valence-corrected chi connectivity index (χ3v) is 5.47. The zero-order valence-electron chi connectivity index (χ0n) is 18.6. The fraction of sp³-hybridized carbons (Fsp3) is 0.292. The summed E-state index contributed by atoms with van der Waals surface area (Å²) in [7, 11) is 3.21. The molecule has 0 saturated carbocycles. The fourth-order valence-corrected chi connectivity index (χ4v) is 3.52. The van der Waals surface area contributed by atoms with Gasteiger partial charge in [-0.1, -0.05) is 6.07 Å². The molecule has 0 fully saturated rings. The maximum Gasteiger partial charge on any atom is 0.338 e. The summed E-state index contributed by atoms with van der Waals surface area (Å²) in [6, 6.07) is 9.18. The Morgan fingerprint density at radius 2 is 2.16 bits per heavy atom. The number of benzene rings is 2. The molecule has 0 saturated heterocycles. The van der Waals surface area contributed by atoms with E-state index in [1.54, 1.807) is 32.5 Å². The largest absolute Gasteiger partial charge is 0.495 e. The zero-order chi connectivity index (χ0) is 23.1. The van der Waals surface area contributed by atoms with E-state index >= 15 is 0 Å². The van der Waals surface area contributed by atoms with Gasteiger partial charge in [-0.2, -0.15) is 0 Å². The second kappa shape index (κ2) is 10.6. The molecule has 1 aliphatic rings. The number of hydrogen-bond donors (Lipinski definition) is 2. The molecular formula is C24H28N4O4. The van der Waals surface area contributed by atoms with E-state index < -0.39 is 0 Å². The third-order valence-electron chi connectivity index (χ3n) is 5.47. The van der Waals surface area contributed by atoms with Gasteiger partial charge in [0, 0.05) is 25.4 Å². The molecule has 8 heteroatoms. The molecule has 0 bridgehead atoms. The highest BCUT2D eigenvalue weighted by Crippen LogP contribution is 2.31. The lowest BCUT2D eigenvalue weighted by Gasteiger charge is -2.15. The summed E-state index contributed by atoms with van der Waals surface area (Å²) >= 11 is 0. The number of nitrogens with two attached hydrogens (primary N) is 1. The molecule has 1 heterocycles. The molecule has 1 aliphatic heterocycles. The van der Waals surface area contributed by atoms with E-state index in [9.17, 15) is 9.59 Å². The summed E-state index contributed by atoms with van der Waals surface area (Å²) in [5.74, 6) is 0.346. The van der Waals surface area contributed by atoms with Crippen molar-refractivity contribution in [1.29, 1.82) is 0 Å². The van der Waals surface area contributed by atoms with E-state index in [1.807, 2.05) is 25.1 Å². The van der Waals surface area contributed by atoms with Crippen LogP contribution in [0, 0.1) is 6.92 Å². The lowest BCUT2D eigenvalue weighted by molar-refractivity contribution is -0.107. The summed E-state index contributed by atoms with van der Waals surface area (Å²) in [4.78, 5) is 28.7. The molecule has 1 amide bonds. The molecular weight excluding hydrogens is 408 g/mol. The Morgan fingerprint density at radius 3 is 2.88 bits per heavy atom. The average molecular weight is 437 g/mol. The number of cyclic esters (lactones) is 1. The number of esters is 1. The van der Waals surface area contributed by atoms with Crippen LogP contribution in [-0.4, -0.2) is 45.8 Å². The van der Waals surface area contributed by atoms with Crippen LogP contribution in [0.2, 0.25) is 0 Å².